The molecule has 3 aromatic carbocycles. The molecule has 5 heteroatoms. The summed E-state index contributed by atoms with van der Waals surface area (Å²) in [7, 11) is -3.62. The van der Waals surface area contributed by atoms with E-state index in [1.807, 2.05) is 12.1 Å². The van der Waals surface area contributed by atoms with Crippen molar-refractivity contribution in [1.29, 1.82) is 0 Å². The Morgan fingerprint density at radius 3 is 2.15 bits per heavy atom. The standard InChI is InChI=1S/C29H36N2O2S/c1-7-31-27-11-9-8-10-25(27)26-18-22(12-17-28(26)31)20-30(19-21(2)3)34(32,33)24-15-13-23(14-16-24)29(4,5)6/h8-18,21H,7,19-20H2,1-6H3. The summed E-state index contributed by atoms with van der Waals surface area (Å²) in [6.45, 7) is 14.4. The van der Waals surface area contributed by atoms with E-state index >= 15 is 0 Å². The minimum atomic E-state index is -3.62. The van der Waals surface area contributed by atoms with Crippen molar-refractivity contribution in [3.8, 4) is 0 Å². The van der Waals surface area contributed by atoms with Crippen LogP contribution >= 0.6 is 0 Å². The molecule has 4 aromatic rings. The van der Waals surface area contributed by atoms with Gasteiger partial charge >= 0.3 is 0 Å². The molecule has 0 saturated heterocycles. The fraction of sp³-hybridized carbons (Fsp3) is 0.379. The summed E-state index contributed by atoms with van der Waals surface area (Å²) in [5.41, 5.74) is 4.50. The number of nitrogens with zero attached hydrogens (tertiary/aromatic N) is 2. The van der Waals surface area contributed by atoms with Crippen LogP contribution in [0, 0.1) is 5.92 Å². The van der Waals surface area contributed by atoms with Gasteiger partial charge in [0.15, 0.2) is 0 Å². The molecule has 0 aliphatic rings. The highest BCUT2D eigenvalue weighted by Crippen LogP contribution is 2.31. The molecule has 0 bridgehead atoms. The van der Waals surface area contributed by atoms with Crippen LogP contribution in [0.4, 0.5) is 0 Å². The van der Waals surface area contributed by atoms with Gasteiger partial charge in [0.1, 0.15) is 0 Å². The molecule has 0 unspecified atom stereocenters. The number of rotatable bonds is 7. The summed E-state index contributed by atoms with van der Waals surface area (Å²) < 4.78 is 31.3. The third kappa shape index (κ3) is 4.64. The van der Waals surface area contributed by atoms with E-state index in [-0.39, 0.29) is 11.3 Å². The fourth-order valence-corrected chi connectivity index (χ4v) is 6.27. The lowest BCUT2D eigenvalue weighted by molar-refractivity contribution is 0.362. The smallest absolute Gasteiger partial charge is 0.243 e. The number of para-hydroxylation sites is 1. The first-order chi connectivity index (χ1) is 16.0. The average Bonchev–Trinajstić information content (AvgIpc) is 3.11. The number of hydrogen-bond donors (Lipinski definition) is 0. The molecule has 1 aromatic heterocycles. The maximum atomic E-state index is 13.7. The number of hydrogen-bond acceptors (Lipinski definition) is 2. The third-order valence-electron chi connectivity index (χ3n) is 6.44. The van der Waals surface area contributed by atoms with Crippen molar-refractivity contribution in [2.45, 2.75) is 64.9 Å². The van der Waals surface area contributed by atoms with Gasteiger partial charge in [0.05, 0.1) is 4.90 Å². The lowest BCUT2D eigenvalue weighted by Gasteiger charge is -2.25. The van der Waals surface area contributed by atoms with Gasteiger partial charge in [-0.25, -0.2) is 8.42 Å². The SMILES string of the molecule is CCn1c2ccccc2c2cc(CN(CC(C)C)S(=O)(=O)c3ccc(C(C)(C)C)cc3)ccc21. The van der Waals surface area contributed by atoms with Gasteiger partial charge in [-0.1, -0.05) is 71.0 Å². The minimum Gasteiger partial charge on any atom is -0.341 e. The number of fused-ring (bicyclic) bond motifs is 3. The molecule has 0 saturated carbocycles. The highest BCUT2D eigenvalue weighted by atomic mass is 32.2. The largest absolute Gasteiger partial charge is 0.341 e. The maximum absolute atomic E-state index is 13.7. The molecule has 34 heavy (non-hydrogen) atoms. The predicted octanol–water partition coefficient (Wildman–Crippen LogP) is 6.96. The first-order valence-corrected chi connectivity index (χ1v) is 13.6. The summed E-state index contributed by atoms with van der Waals surface area (Å²) in [5.74, 6) is 0.217. The highest BCUT2D eigenvalue weighted by Gasteiger charge is 2.26. The predicted molar refractivity (Wildman–Crippen MR) is 143 cm³/mol. The van der Waals surface area contributed by atoms with Gasteiger partial charge in [0.2, 0.25) is 10.0 Å². The van der Waals surface area contributed by atoms with Gasteiger partial charge in [-0.05, 0) is 59.7 Å². The van der Waals surface area contributed by atoms with Crippen LogP contribution in [0.5, 0.6) is 0 Å². The van der Waals surface area contributed by atoms with E-state index in [2.05, 4.69) is 88.6 Å². The van der Waals surface area contributed by atoms with Crippen molar-refractivity contribution in [3.05, 3.63) is 77.9 Å². The summed E-state index contributed by atoms with van der Waals surface area (Å²) in [4.78, 5) is 0.352. The van der Waals surface area contributed by atoms with Crippen LogP contribution in [0.2, 0.25) is 0 Å². The first-order valence-electron chi connectivity index (χ1n) is 12.1. The van der Waals surface area contributed by atoms with E-state index in [0.29, 0.717) is 18.0 Å². The van der Waals surface area contributed by atoms with Gasteiger partial charge in [0.25, 0.3) is 0 Å². The second-order valence-corrected chi connectivity index (χ2v) is 12.5. The summed E-state index contributed by atoms with van der Waals surface area (Å²) in [5, 5.41) is 2.38. The molecule has 0 N–H and O–H groups in total. The quantitative estimate of drug-likeness (QED) is 0.289. The monoisotopic (exact) mass is 476 g/mol. The summed E-state index contributed by atoms with van der Waals surface area (Å²) in [6.07, 6.45) is 0. The van der Waals surface area contributed by atoms with Gasteiger partial charge < -0.3 is 4.57 Å². The molecule has 4 nitrogen and oxygen atoms in total. The molecule has 0 aliphatic carbocycles. The van der Waals surface area contributed by atoms with Gasteiger partial charge in [0, 0.05) is 41.4 Å². The van der Waals surface area contributed by atoms with Crippen LogP contribution in [0.15, 0.2) is 71.6 Å². The lowest BCUT2D eigenvalue weighted by atomic mass is 9.87. The van der Waals surface area contributed by atoms with Crippen LogP contribution in [-0.4, -0.2) is 23.8 Å². The summed E-state index contributed by atoms with van der Waals surface area (Å²) >= 11 is 0. The van der Waals surface area contributed by atoms with Crippen molar-refractivity contribution in [3.63, 3.8) is 0 Å². The van der Waals surface area contributed by atoms with Crippen LogP contribution < -0.4 is 0 Å². The van der Waals surface area contributed by atoms with E-state index in [4.69, 9.17) is 0 Å². The number of benzene rings is 3. The van der Waals surface area contributed by atoms with Crippen LogP contribution in [0.1, 0.15) is 52.7 Å². The zero-order valence-corrected chi connectivity index (χ0v) is 22.0. The number of aryl methyl sites for hydroxylation is 1. The van der Waals surface area contributed by atoms with Gasteiger partial charge in [-0.3, -0.25) is 0 Å². The van der Waals surface area contributed by atoms with E-state index in [9.17, 15) is 8.42 Å². The van der Waals surface area contributed by atoms with E-state index < -0.39 is 10.0 Å². The topological polar surface area (TPSA) is 42.3 Å². The zero-order valence-electron chi connectivity index (χ0n) is 21.2. The molecule has 0 fully saturated rings. The Morgan fingerprint density at radius 2 is 1.53 bits per heavy atom. The Hall–Kier alpha value is -2.63. The van der Waals surface area contributed by atoms with Crippen molar-refractivity contribution < 1.29 is 8.42 Å². The van der Waals surface area contributed by atoms with Crippen molar-refractivity contribution >= 4 is 31.8 Å². The van der Waals surface area contributed by atoms with E-state index in [1.165, 1.54) is 21.8 Å². The maximum Gasteiger partial charge on any atom is 0.243 e. The molecule has 1 heterocycles. The average molecular weight is 477 g/mol. The van der Waals surface area contributed by atoms with Gasteiger partial charge in [-0.15, -0.1) is 0 Å². The molecule has 0 aliphatic heterocycles. The number of sulfonamides is 1. The highest BCUT2D eigenvalue weighted by molar-refractivity contribution is 7.89. The number of aromatic nitrogens is 1. The van der Waals surface area contributed by atoms with Gasteiger partial charge in [-0.2, -0.15) is 4.31 Å². The Bertz CT molecular complexity index is 1410. The molecular weight excluding hydrogens is 440 g/mol. The third-order valence-corrected chi connectivity index (χ3v) is 8.26. The lowest BCUT2D eigenvalue weighted by Crippen LogP contribution is -2.33. The zero-order chi connectivity index (χ0) is 24.7. The molecule has 0 atom stereocenters. The molecule has 0 spiro atoms. The molecule has 0 amide bonds. The normalized spacial score (nSPS) is 12.9. The second kappa shape index (κ2) is 9.20. The Balaban J connectivity index is 1.73. The van der Waals surface area contributed by atoms with Crippen molar-refractivity contribution in [2.75, 3.05) is 6.54 Å². The minimum absolute atomic E-state index is 0.0208. The van der Waals surface area contributed by atoms with Crippen molar-refractivity contribution in [2.24, 2.45) is 5.92 Å². The molecule has 0 radical (unpaired) electrons. The second-order valence-electron chi connectivity index (χ2n) is 10.6. The Kier molecular flexibility index (Phi) is 6.63. The van der Waals surface area contributed by atoms with E-state index in [0.717, 1.165) is 17.7 Å². The molecular formula is C29H36N2O2S. The first kappa shape index (κ1) is 24.5. The van der Waals surface area contributed by atoms with Crippen LogP contribution in [-0.2, 0) is 28.5 Å². The Labute approximate surface area is 204 Å². The van der Waals surface area contributed by atoms with Crippen molar-refractivity contribution in [1.82, 2.24) is 8.87 Å². The molecule has 4 rings (SSSR count). The van der Waals surface area contributed by atoms with Crippen LogP contribution in [0.25, 0.3) is 21.8 Å². The van der Waals surface area contributed by atoms with E-state index in [1.54, 1.807) is 16.4 Å². The Morgan fingerprint density at radius 1 is 0.882 bits per heavy atom. The summed E-state index contributed by atoms with van der Waals surface area (Å²) in [6, 6.07) is 22.2. The fourth-order valence-electron chi connectivity index (χ4n) is 4.67. The molecule has 180 valence electrons. The van der Waals surface area contributed by atoms with Crippen LogP contribution in [0.3, 0.4) is 0 Å².